The molecule has 144 valence electrons. The Kier molecular flexibility index (Phi) is 5.31. The Morgan fingerprint density at radius 2 is 2.29 bits per heavy atom. The monoisotopic (exact) mass is 396 g/mol. The molecule has 1 atom stereocenters. The maximum atomic E-state index is 12.8. The Bertz CT molecular complexity index is 1120. The van der Waals surface area contributed by atoms with E-state index < -0.39 is 0 Å². The van der Waals surface area contributed by atoms with Gasteiger partial charge in [-0.3, -0.25) is 19.1 Å². The number of carbonyl (C=O) groups is 1. The van der Waals surface area contributed by atoms with Crippen molar-refractivity contribution in [2.24, 2.45) is 0 Å². The van der Waals surface area contributed by atoms with Crippen LogP contribution < -0.4 is 10.9 Å². The Morgan fingerprint density at radius 3 is 3.04 bits per heavy atom. The number of H-pyrrole nitrogens is 1. The van der Waals surface area contributed by atoms with E-state index in [2.05, 4.69) is 15.3 Å². The largest absolute Gasteiger partial charge is 0.376 e. The van der Waals surface area contributed by atoms with Gasteiger partial charge in [0.1, 0.15) is 0 Å². The first-order valence-electron chi connectivity index (χ1n) is 9.17. The van der Waals surface area contributed by atoms with E-state index in [1.165, 1.54) is 4.57 Å². The number of carbonyl (C=O) groups excluding carboxylic acids is 1. The molecule has 2 aromatic heterocycles. The minimum Gasteiger partial charge on any atom is -0.376 e. The number of fused-ring (bicyclic) bond motifs is 1. The van der Waals surface area contributed by atoms with Gasteiger partial charge in [-0.15, -0.1) is 0 Å². The van der Waals surface area contributed by atoms with Gasteiger partial charge in [0.05, 0.1) is 23.6 Å². The number of rotatable bonds is 5. The van der Waals surface area contributed by atoms with Crippen LogP contribution in [0.1, 0.15) is 28.8 Å². The van der Waals surface area contributed by atoms with E-state index in [1.807, 2.05) is 12.1 Å². The number of amides is 1. The molecule has 4 rings (SSSR count). The SMILES string of the molecule is O=C(NCc1cccnc1)c1ccc2c(=O)n(C[C@@H]3CCCO3)c(=S)[nH]c2c1. The zero-order chi connectivity index (χ0) is 19.5. The average Bonchev–Trinajstić information content (AvgIpc) is 3.23. The first-order chi connectivity index (χ1) is 13.6. The Hall–Kier alpha value is -2.84. The van der Waals surface area contributed by atoms with Crippen LogP contribution in [0.3, 0.4) is 0 Å². The Balaban J connectivity index is 1.57. The van der Waals surface area contributed by atoms with Crippen molar-refractivity contribution in [3.8, 4) is 0 Å². The van der Waals surface area contributed by atoms with Gasteiger partial charge in [-0.1, -0.05) is 6.07 Å². The Morgan fingerprint density at radius 1 is 1.39 bits per heavy atom. The predicted octanol–water partition coefficient (Wildman–Crippen LogP) is 2.56. The van der Waals surface area contributed by atoms with Gasteiger partial charge in [-0.05, 0) is 54.9 Å². The molecule has 7 nitrogen and oxygen atoms in total. The summed E-state index contributed by atoms with van der Waals surface area (Å²) in [5.41, 5.74) is 1.75. The quantitative estimate of drug-likeness (QED) is 0.647. The zero-order valence-corrected chi connectivity index (χ0v) is 16.0. The van der Waals surface area contributed by atoms with Crippen LogP contribution >= 0.6 is 12.2 Å². The van der Waals surface area contributed by atoms with Crippen molar-refractivity contribution in [2.45, 2.75) is 32.0 Å². The lowest BCUT2D eigenvalue weighted by Gasteiger charge is -2.13. The molecule has 0 spiro atoms. The van der Waals surface area contributed by atoms with E-state index in [4.69, 9.17) is 17.0 Å². The lowest BCUT2D eigenvalue weighted by atomic mass is 10.1. The van der Waals surface area contributed by atoms with Crippen molar-refractivity contribution in [1.82, 2.24) is 19.9 Å². The van der Waals surface area contributed by atoms with Crippen molar-refractivity contribution in [1.29, 1.82) is 0 Å². The van der Waals surface area contributed by atoms with Gasteiger partial charge in [0.15, 0.2) is 4.77 Å². The summed E-state index contributed by atoms with van der Waals surface area (Å²) < 4.78 is 7.49. The van der Waals surface area contributed by atoms with Crippen LogP contribution in [0.15, 0.2) is 47.5 Å². The minimum atomic E-state index is -0.228. The van der Waals surface area contributed by atoms with Gasteiger partial charge in [-0.25, -0.2) is 0 Å². The fraction of sp³-hybridized carbons (Fsp3) is 0.300. The standard InChI is InChI=1S/C20H20N4O3S/c25-18(22-11-13-3-1-7-21-10-13)14-5-6-16-17(9-14)23-20(28)24(19(16)26)12-15-4-2-8-27-15/h1,3,5-7,9-10,15H,2,4,8,11-12H2,(H,22,25)(H,23,28)/t15-/m0/s1. The fourth-order valence-corrected chi connectivity index (χ4v) is 3.61. The summed E-state index contributed by atoms with van der Waals surface area (Å²) in [5, 5.41) is 3.35. The number of nitrogens with one attached hydrogen (secondary N) is 2. The van der Waals surface area contributed by atoms with Crippen molar-refractivity contribution < 1.29 is 9.53 Å². The van der Waals surface area contributed by atoms with Crippen LogP contribution in [0.5, 0.6) is 0 Å². The van der Waals surface area contributed by atoms with Crippen LogP contribution in [-0.2, 0) is 17.8 Å². The molecule has 0 unspecified atom stereocenters. The highest BCUT2D eigenvalue weighted by Crippen LogP contribution is 2.15. The molecule has 8 heteroatoms. The zero-order valence-electron chi connectivity index (χ0n) is 15.2. The number of pyridine rings is 1. The topological polar surface area (TPSA) is 89.0 Å². The van der Waals surface area contributed by atoms with E-state index in [1.54, 1.807) is 30.6 Å². The highest BCUT2D eigenvalue weighted by molar-refractivity contribution is 7.71. The molecular formula is C20H20N4O3S. The number of hydrogen-bond acceptors (Lipinski definition) is 5. The molecule has 0 saturated carbocycles. The number of hydrogen-bond donors (Lipinski definition) is 2. The first kappa shape index (κ1) is 18.5. The lowest BCUT2D eigenvalue weighted by molar-refractivity contribution is 0.0950. The summed E-state index contributed by atoms with van der Waals surface area (Å²) in [4.78, 5) is 32.4. The number of benzene rings is 1. The molecule has 1 saturated heterocycles. The average molecular weight is 396 g/mol. The normalized spacial score (nSPS) is 16.4. The van der Waals surface area contributed by atoms with E-state index in [9.17, 15) is 9.59 Å². The second kappa shape index (κ2) is 8.04. The Labute approximate surface area is 166 Å². The maximum Gasteiger partial charge on any atom is 0.262 e. The molecule has 1 aliphatic rings. The third-order valence-corrected chi connectivity index (χ3v) is 5.15. The van der Waals surface area contributed by atoms with Gasteiger partial charge in [0.25, 0.3) is 11.5 Å². The van der Waals surface area contributed by atoms with Gasteiger partial charge in [0.2, 0.25) is 0 Å². The highest BCUT2D eigenvalue weighted by Gasteiger charge is 2.18. The minimum absolute atomic E-state index is 0.0165. The molecule has 1 aliphatic heterocycles. The van der Waals surface area contributed by atoms with Gasteiger partial charge < -0.3 is 15.0 Å². The third kappa shape index (κ3) is 3.88. The summed E-state index contributed by atoms with van der Waals surface area (Å²) in [7, 11) is 0. The molecule has 3 heterocycles. The summed E-state index contributed by atoms with van der Waals surface area (Å²) in [5.74, 6) is -0.228. The molecule has 1 fully saturated rings. The second-order valence-corrected chi connectivity index (χ2v) is 7.17. The molecule has 1 amide bonds. The third-order valence-electron chi connectivity index (χ3n) is 4.83. The van der Waals surface area contributed by atoms with Crippen molar-refractivity contribution >= 4 is 29.0 Å². The summed E-state index contributed by atoms with van der Waals surface area (Å²) in [6.07, 6.45) is 5.33. The van der Waals surface area contributed by atoms with Crippen LogP contribution in [0.4, 0.5) is 0 Å². The molecule has 0 radical (unpaired) electrons. The molecule has 0 bridgehead atoms. The van der Waals surface area contributed by atoms with Crippen molar-refractivity contribution in [2.75, 3.05) is 6.61 Å². The van der Waals surface area contributed by atoms with E-state index in [0.29, 0.717) is 34.3 Å². The van der Waals surface area contributed by atoms with Crippen LogP contribution in [0, 0.1) is 4.77 Å². The van der Waals surface area contributed by atoms with Gasteiger partial charge in [0, 0.05) is 31.1 Å². The molecular weight excluding hydrogens is 376 g/mol. The summed E-state index contributed by atoms with van der Waals surface area (Å²) in [6.45, 7) is 1.54. The summed E-state index contributed by atoms with van der Waals surface area (Å²) in [6, 6.07) is 8.67. The summed E-state index contributed by atoms with van der Waals surface area (Å²) >= 11 is 5.37. The molecule has 2 N–H and O–H groups in total. The van der Waals surface area contributed by atoms with E-state index in [0.717, 1.165) is 25.0 Å². The second-order valence-electron chi connectivity index (χ2n) is 6.79. The van der Waals surface area contributed by atoms with Crippen LogP contribution in [-0.4, -0.2) is 33.2 Å². The number of aromatic amines is 1. The van der Waals surface area contributed by atoms with Crippen molar-refractivity contribution in [3.05, 3.63) is 69.0 Å². The predicted molar refractivity (Wildman–Crippen MR) is 108 cm³/mol. The maximum absolute atomic E-state index is 12.8. The highest BCUT2D eigenvalue weighted by atomic mass is 32.1. The van der Waals surface area contributed by atoms with Crippen LogP contribution in [0.25, 0.3) is 10.9 Å². The lowest BCUT2D eigenvalue weighted by Crippen LogP contribution is -2.28. The van der Waals surface area contributed by atoms with Gasteiger partial charge in [-0.2, -0.15) is 0 Å². The first-order valence-corrected chi connectivity index (χ1v) is 9.58. The van der Waals surface area contributed by atoms with Crippen molar-refractivity contribution in [3.63, 3.8) is 0 Å². The van der Waals surface area contributed by atoms with E-state index in [-0.39, 0.29) is 17.6 Å². The molecule has 1 aromatic carbocycles. The van der Waals surface area contributed by atoms with E-state index >= 15 is 0 Å². The van der Waals surface area contributed by atoms with Crippen LogP contribution in [0.2, 0.25) is 0 Å². The number of aromatic nitrogens is 3. The molecule has 3 aromatic rings. The number of nitrogens with zero attached hydrogens (tertiary/aromatic N) is 2. The molecule has 28 heavy (non-hydrogen) atoms. The fourth-order valence-electron chi connectivity index (χ4n) is 3.34. The van der Waals surface area contributed by atoms with Gasteiger partial charge >= 0.3 is 0 Å². The molecule has 0 aliphatic carbocycles. The smallest absolute Gasteiger partial charge is 0.262 e. The number of ether oxygens (including phenoxy) is 1.